The van der Waals surface area contributed by atoms with Gasteiger partial charge in [-0.2, -0.15) is 5.10 Å². The van der Waals surface area contributed by atoms with Crippen LogP contribution >= 0.6 is 15.9 Å². The first kappa shape index (κ1) is 11.6. The summed E-state index contributed by atoms with van der Waals surface area (Å²) in [5.74, 6) is 0.542. The Kier molecular flexibility index (Phi) is 3.63. The Morgan fingerprint density at radius 3 is 3.06 bits per heavy atom. The summed E-state index contributed by atoms with van der Waals surface area (Å²) in [5, 5.41) is 6.94. The zero-order valence-corrected chi connectivity index (χ0v) is 10.9. The van der Waals surface area contributed by atoms with Gasteiger partial charge in [0.05, 0.1) is 11.8 Å². The zero-order valence-electron chi connectivity index (χ0n) is 9.32. The minimum atomic E-state index is -0.0281. The van der Waals surface area contributed by atoms with E-state index in [2.05, 4.69) is 26.3 Å². The second-order valence-corrected chi connectivity index (χ2v) is 5.50. The van der Waals surface area contributed by atoms with Crippen LogP contribution in [-0.2, 0) is 7.05 Å². The molecule has 1 saturated carbocycles. The highest BCUT2D eigenvalue weighted by Gasteiger charge is 2.25. The third-order valence-corrected chi connectivity index (χ3v) is 4.26. The quantitative estimate of drug-likeness (QED) is 0.860. The molecule has 0 radical (unpaired) electrons. The van der Waals surface area contributed by atoms with E-state index in [9.17, 15) is 4.79 Å². The van der Waals surface area contributed by atoms with Crippen molar-refractivity contribution in [1.82, 2.24) is 15.1 Å². The van der Waals surface area contributed by atoms with E-state index in [-0.39, 0.29) is 5.91 Å². The van der Waals surface area contributed by atoms with E-state index in [1.165, 1.54) is 19.3 Å². The predicted octanol–water partition coefficient (Wildman–Crippen LogP) is 1.71. The number of halogens is 1. The summed E-state index contributed by atoms with van der Waals surface area (Å²) >= 11 is 3.65. The third kappa shape index (κ3) is 2.64. The van der Waals surface area contributed by atoms with Crippen LogP contribution in [-0.4, -0.2) is 27.1 Å². The number of amides is 1. The molecule has 1 aromatic heterocycles. The number of alkyl halides is 1. The molecule has 0 bridgehead atoms. The summed E-state index contributed by atoms with van der Waals surface area (Å²) in [5.41, 5.74) is 0.631. The molecule has 5 heteroatoms. The molecule has 1 N–H and O–H groups in total. The van der Waals surface area contributed by atoms with Crippen LogP contribution in [0, 0.1) is 5.92 Å². The predicted molar refractivity (Wildman–Crippen MR) is 65.6 cm³/mol. The molecule has 2 unspecified atom stereocenters. The molecule has 1 fully saturated rings. The minimum absolute atomic E-state index is 0.0281. The van der Waals surface area contributed by atoms with Gasteiger partial charge >= 0.3 is 0 Å². The maximum atomic E-state index is 11.7. The summed E-state index contributed by atoms with van der Waals surface area (Å²) in [6.45, 7) is 0.754. The molecule has 1 heterocycles. The van der Waals surface area contributed by atoms with Crippen molar-refractivity contribution in [3.8, 4) is 0 Å². The molecular weight excluding hydrogens is 270 g/mol. The average molecular weight is 286 g/mol. The first-order valence-corrected chi connectivity index (χ1v) is 6.49. The maximum absolute atomic E-state index is 11.7. The summed E-state index contributed by atoms with van der Waals surface area (Å²) in [4.78, 5) is 12.3. The molecule has 4 nitrogen and oxygen atoms in total. The van der Waals surface area contributed by atoms with Gasteiger partial charge in [0.2, 0.25) is 0 Å². The van der Waals surface area contributed by atoms with E-state index in [1.54, 1.807) is 17.1 Å². The van der Waals surface area contributed by atoms with Crippen molar-refractivity contribution in [2.75, 3.05) is 6.54 Å². The van der Waals surface area contributed by atoms with Crippen LogP contribution in [0.4, 0.5) is 0 Å². The number of carbonyl (C=O) groups excluding carboxylic acids is 1. The van der Waals surface area contributed by atoms with Crippen LogP contribution in [0.1, 0.15) is 29.6 Å². The average Bonchev–Trinajstić information content (AvgIpc) is 2.84. The maximum Gasteiger partial charge on any atom is 0.254 e. The molecule has 1 aliphatic rings. The van der Waals surface area contributed by atoms with Crippen LogP contribution < -0.4 is 5.32 Å². The van der Waals surface area contributed by atoms with Crippen LogP contribution in [0.15, 0.2) is 12.4 Å². The summed E-state index contributed by atoms with van der Waals surface area (Å²) in [6.07, 6.45) is 6.99. The van der Waals surface area contributed by atoms with E-state index in [0.717, 1.165) is 6.54 Å². The van der Waals surface area contributed by atoms with E-state index >= 15 is 0 Å². The molecule has 2 atom stereocenters. The Balaban J connectivity index is 1.84. The first-order valence-electron chi connectivity index (χ1n) is 5.57. The van der Waals surface area contributed by atoms with Gasteiger partial charge in [-0.3, -0.25) is 9.48 Å². The number of carbonyl (C=O) groups is 1. The van der Waals surface area contributed by atoms with Crippen molar-refractivity contribution in [1.29, 1.82) is 0 Å². The van der Waals surface area contributed by atoms with Crippen molar-refractivity contribution < 1.29 is 4.79 Å². The fourth-order valence-corrected chi connectivity index (χ4v) is 2.86. The fraction of sp³-hybridized carbons (Fsp3) is 0.636. The Labute approximate surface area is 104 Å². The van der Waals surface area contributed by atoms with Crippen molar-refractivity contribution in [3.63, 3.8) is 0 Å². The van der Waals surface area contributed by atoms with Gasteiger partial charge < -0.3 is 5.32 Å². The summed E-state index contributed by atoms with van der Waals surface area (Å²) < 4.78 is 1.64. The molecule has 1 aliphatic carbocycles. The second-order valence-electron chi connectivity index (χ2n) is 4.32. The van der Waals surface area contributed by atoms with E-state index in [0.29, 0.717) is 16.3 Å². The Hall–Kier alpha value is -0.840. The second kappa shape index (κ2) is 4.99. The molecule has 88 valence electrons. The molecule has 16 heavy (non-hydrogen) atoms. The molecule has 2 rings (SSSR count). The SMILES string of the molecule is Cn1cc(C(=O)NCC2CCCC2Br)cn1. The summed E-state index contributed by atoms with van der Waals surface area (Å²) in [7, 11) is 1.81. The molecule has 1 amide bonds. The van der Waals surface area contributed by atoms with Gasteiger partial charge in [-0.15, -0.1) is 0 Å². The van der Waals surface area contributed by atoms with E-state index < -0.39 is 0 Å². The highest BCUT2D eigenvalue weighted by atomic mass is 79.9. The minimum Gasteiger partial charge on any atom is -0.352 e. The van der Waals surface area contributed by atoms with Gasteiger partial charge in [0, 0.05) is 24.6 Å². The van der Waals surface area contributed by atoms with Crippen molar-refractivity contribution in [2.24, 2.45) is 13.0 Å². The number of nitrogens with one attached hydrogen (secondary N) is 1. The Morgan fingerprint density at radius 1 is 1.69 bits per heavy atom. The largest absolute Gasteiger partial charge is 0.352 e. The number of hydrogen-bond acceptors (Lipinski definition) is 2. The number of nitrogens with zero attached hydrogens (tertiary/aromatic N) is 2. The molecular formula is C11H16BrN3O. The van der Waals surface area contributed by atoms with Gasteiger partial charge in [-0.1, -0.05) is 22.4 Å². The third-order valence-electron chi connectivity index (χ3n) is 3.06. The van der Waals surface area contributed by atoms with Crippen molar-refractivity contribution >= 4 is 21.8 Å². The van der Waals surface area contributed by atoms with Gasteiger partial charge in [-0.05, 0) is 18.8 Å². The van der Waals surface area contributed by atoms with E-state index in [1.807, 2.05) is 7.05 Å². The smallest absolute Gasteiger partial charge is 0.254 e. The first-order chi connectivity index (χ1) is 7.66. The van der Waals surface area contributed by atoms with Crippen LogP contribution in [0.5, 0.6) is 0 Å². The van der Waals surface area contributed by atoms with Crippen LogP contribution in [0.3, 0.4) is 0 Å². The van der Waals surface area contributed by atoms with Crippen LogP contribution in [0.2, 0.25) is 0 Å². The molecule has 1 aromatic rings. The lowest BCUT2D eigenvalue weighted by atomic mass is 10.1. The number of rotatable bonds is 3. The number of hydrogen-bond donors (Lipinski definition) is 1. The summed E-state index contributed by atoms with van der Waals surface area (Å²) in [6, 6.07) is 0. The normalized spacial score (nSPS) is 24.6. The topological polar surface area (TPSA) is 46.9 Å². The van der Waals surface area contributed by atoms with E-state index in [4.69, 9.17) is 0 Å². The highest BCUT2D eigenvalue weighted by molar-refractivity contribution is 9.09. The lowest BCUT2D eigenvalue weighted by Crippen LogP contribution is -2.30. The molecule has 0 spiro atoms. The molecule has 0 aliphatic heterocycles. The van der Waals surface area contributed by atoms with Crippen molar-refractivity contribution in [3.05, 3.63) is 18.0 Å². The number of aromatic nitrogens is 2. The Bertz CT molecular complexity index is 377. The van der Waals surface area contributed by atoms with Gasteiger partial charge in [0.15, 0.2) is 0 Å². The van der Waals surface area contributed by atoms with Gasteiger partial charge in [0.25, 0.3) is 5.91 Å². The van der Waals surface area contributed by atoms with Crippen LogP contribution in [0.25, 0.3) is 0 Å². The van der Waals surface area contributed by atoms with Gasteiger partial charge in [-0.25, -0.2) is 0 Å². The monoisotopic (exact) mass is 285 g/mol. The van der Waals surface area contributed by atoms with Gasteiger partial charge in [0.1, 0.15) is 0 Å². The molecule has 0 saturated heterocycles. The number of aryl methyl sites for hydroxylation is 1. The molecule has 0 aromatic carbocycles. The highest BCUT2D eigenvalue weighted by Crippen LogP contribution is 2.30. The zero-order chi connectivity index (χ0) is 11.5. The lowest BCUT2D eigenvalue weighted by molar-refractivity contribution is 0.0948. The standard InChI is InChI=1S/C11H16BrN3O/c1-15-7-9(6-14-15)11(16)13-5-8-3-2-4-10(8)12/h6-8,10H,2-5H2,1H3,(H,13,16). The lowest BCUT2D eigenvalue weighted by Gasteiger charge is -2.14. The Morgan fingerprint density at radius 2 is 2.50 bits per heavy atom. The fourth-order valence-electron chi connectivity index (χ4n) is 2.09. The van der Waals surface area contributed by atoms with Crippen molar-refractivity contribution in [2.45, 2.75) is 24.1 Å².